The van der Waals surface area contributed by atoms with Crippen molar-refractivity contribution in [3.05, 3.63) is 53.3 Å². The Morgan fingerprint density at radius 1 is 1.29 bits per heavy atom. The number of carbonyl (C=O) groups is 1. The Balaban J connectivity index is 2.00. The number of hydrogen-bond donors (Lipinski definition) is 2. The van der Waals surface area contributed by atoms with Gasteiger partial charge in [0.1, 0.15) is 5.69 Å². The molecule has 0 spiro atoms. The van der Waals surface area contributed by atoms with Crippen molar-refractivity contribution in [3.8, 4) is 0 Å². The van der Waals surface area contributed by atoms with E-state index in [0.717, 1.165) is 11.3 Å². The van der Waals surface area contributed by atoms with Gasteiger partial charge < -0.3 is 10.4 Å². The Labute approximate surface area is 143 Å². The number of aryl methyl sites for hydroxylation is 1. The third kappa shape index (κ3) is 4.45. The summed E-state index contributed by atoms with van der Waals surface area (Å²) in [5, 5.41) is 17.6. The molecule has 2 unspecified atom stereocenters. The van der Waals surface area contributed by atoms with Crippen molar-refractivity contribution < 1.29 is 9.90 Å². The molecule has 2 rings (SSSR count). The molecular weight excluding hydrogens is 302 g/mol. The van der Waals surface area contributed by atoms with Crippen molar-refractivity contribution in [3.63, 3.8) is 0 Å². The molecule has 2 aromatic rings. The third-order valence-electron chi connectivity index (χ3n) is 4.02. The summed E-state index contributed by atoms with van der Waals surface area (Å²) in [6.07, 6.45) is -0.141. The molecule has 5 heteroatoms. The first kappa shape index (κ1) is 18.2. The van der Waals surface area contributed by atoms with Gasteiger partial charge in [-0.15, -0.1) is 0 Å². The highest BCUT2D eigenvalue weighted by molar-refractivity contribution is 5.92. The molecule has 2 N–H and O–H groups in total. The molecule has 2 atom stereocenters. The molecule has 5 nitrogen and oxygen atoms in total. The lowest BCUT2D eigenvalue weighted by atomic mass is 9.92. The molecule has 1 amide bonds. The maximum absolute atomic E-state index is 12.5. The van der Waals surface area contributed by atoms with Crippen molar-refractivity contribution in [1.82, 2.24) is 15.1 Å². The van der Waals surface area contributed by atoms with Gasteiger partial charge in [0.05, 0.1) is 11.8 Å². The summed E-state index contributed by atoms with van der Waals surface area (Å²) < 4.78 is 1.61. The first-order valence-corrected chi connectivity index (χ1v) is 8.27. The number of nitrogens with one attached hydrogen (secondary N) is 1. The zero-order valence-corrected chi connectivity index (χ0v) is 15.1. The zero-order valence-electron chi connectivity index (χ0n) is 15.1. The largest absolute Gasteiger partial charge is 0.388 e. The van der Waals surface area contributed by atoms with Crippen molar-refractivity contribution in [2.45, 2.75) is 51.7 Å². The number of aliphatic hydroxyl groups excluding tert-OH is 1. The average Bonchev–Trinajstić information content (AvgIpc) is 2.90. The first-order valence-electron chi connectivity index (χ1n) is 8.27. The van der Waals surface area contributed by atoms with Crippen molar-refractivity contribution in [2.24, 2.45) is 7.05 Å². The van der Waals surface area contributed by atoms with E-state index in [2.05, 4.69) is 31.2 Å². The van der Waals surface area contributed by atoms with E-state index >= 15 is 0 Å². The van der Waals surface area contributed by atoms with E-state index in [1.165, 1.54) is 0 Å². The van der Waals surface area contributed by atoms with Crippen LogP contribution in [0, 0.1) is 0 Å². The number of aliphatic hydroxyl groups is 1. The van der Waals surface area contributed by atoms with Crippen LogP contribution in [0.4, 0.5) is 0 Å². The van der Waals surface area contributed by atoms with E-state index in [1.54, 1.807) is 11.7 Å². The second-order valence-electron chi connectivity index (χ2n) is 7.33. The minimum atomic E-state index is -0.599. The topological polar surface area (TPSA) is 67.2 Å². The van der Waals surface area contributed by atoms with Crippen LogP contribution in [0.1, 0.15) is 62.0 Å². The molecule has 1 aromatic carbocycles. The van der Waals surface area contributed by atoms with Gasteiger partial charge in [-0.25, -0.2) is 0 Å². The van der Waals surface area contributed by atoms with Crippen molar-refractivity contribution >= 4 is 5.91 Å². The van der Waals surface area contributed by atoms with Crippen LogP contribution in [-0.4, -0.2) is 26.8 Å². The quantitative estimate of drug-likeness (QED) is 0.886. The van der Waals surface area contributed by atoms with E-state index in [9.17, 15) is 9.90 Å². The second kappa shape index (κ2) is 7.18. The van der Waals surface area contributed by atoms with E-state index in [0.29, 0.717) is 12.1 Å². The van der Waals surface area contributed by atoms with Crippen LogP contribution in [0.3, 0.4) is 0 Å². The van der Waals surface area contributed by atoms with Gasteiger partial charge in [0.15, 0.2) is 0 Å². The molecule has 0 bridgehead atoms. The van der Waals surface area contributed by atoms with Crippen molar-refractivity contribution in [2.75, 3.05) is 0 Å². The normalized spacial score (nSPS) is 14.2. The van der Waals surface area contributed by atoms with Crippen LogP contribution >= 0.6 is 0 Å². The number of rotatable bonds is 5. The minimum absolute atomic E-state index is 0.106. The van der Waals surface area contributed by atoms with E-state index in [1.807, 2.05) is 43.3 Å². The number of benzene rings is 1. The van der Waals surface area contributed by atoms with Gasteiger partial charge in [-0.1, -0.05) is 51.1 Å². The summed E-state index contributed by atoms with van der Waals surface area (Å²) >= 11 is 0. The number of nitrogens with zero attached hydrogens (tertiary/aromatic N) is 2. The van der Waals surface area contributed by atoms with E-state index < -0.39 is 6.10 Å². The fourth-order valence-corrected chi connectivity index (χ4v) is 2.55. The van der Waals surface area contributed by atoms with Gasteiger partial charge in [0.2, 0.25) is 0 Å². The maximum atomic E-state index is 12.5. The first-order chi connectivity index (χ1) is 11.2. The fourth-order valence-electron chi connectivity index (χ4n) is 2.55. The zero-order chi connectivity index (χ0) is 17.9. The molecule has 0 aliphatic rings. The predicted molar refractivity (Wildman–Crippen MR) is 94.9 cm³/mol. The summed E-state index contributed by atoms with van der Waals surface area (Å²) in [6.45, 7) is 8.09. The Kier molecular flexibility index (Phi) is 5.44. The van der Waals surface area contributed by atoms with E-state index in [4.69, 9.17) is 0 Å². The van der Waals surface area contributed by atoms with Crippen LogP contribution in [-0.2, 0) is 12.5 Å². The highest BCUT2D eigenvalue weighted by Gasteiger charge is 2.23. The van der Waals surface area contributed by atoms with Crippen LogP contribution in [0.5, 0.6) is 0 Å². The lowest BCUT2D eigenvalue weighted by Gasteiger charge is -2.18. The summed E-state index contributed by atoms with van der Waals surface area (Å²) in [5.41, 5.74) is 2.16. The van der Waals surface area contributed by atoms with Crippen LogP contribution < -0.4 is 5.32 Å². The number of aromatic nitrogens is 2. The average molecular weight is 329 g/mol. The number of hydrogen-bond acceptors (Lipinski definition) is 3. The molecule has 0 aliphatic heterocycles. The molecule has 1 aromatic heterocycles. The van der Waals surface area contributed by atoms with Gasteiger partial charge in [-0.3, -0.25) is 9.48 Å². The van der Waals surface area contributed by atoms with Gasteiger partial charge in [0.25, 0.3) is 5.91 Å². The van der Waals surface area contributed by atoms with Crippen LogP contribution in [0.25, 0.3) is 0 Å². The van der Waals surface area contributed by atoms with E-state index in [-0.39, 0.29) is 17.4 Å². The molecule has 0 saturated heterocycles. The van der Waals surface area contributed by atoms with Gasteiger partial charge in [0, 0.05) is 18.5 Å². The lowest BCUT2D eigenvalue weighted by molar-refractivity contribution is 0.0907. The SMILES string of the molecule is CC(CC(O)c1ccccc1)NC(=O)c1cc(C(C)(C)C)nn1C. The van der Waals surface area contributed by atoms with Gasteiger partial charge in [-0.05, 0) is 25.0 Å². The maximum Gasteiger partial charge on any atom is 0.269 e. The standard InChI is InChI=1S/C19H27N3O2/c1-13(11-16(23)14-9-7-6-8-10-14)20-18(24)15-12-17(19(2,3)4)21-22(15)5/h6-10,12-13,16,23H,11H2,1-5H3,(H,20,24). The van der Waals surface area contributed by atoms with Crippen molar-refractivity contribution in [1.29, 1.82) is 0 Å². The Hall–Kier alpha value is -2.14. The summed E-state index contributed by atoms with van der Waals surface area (Å²) in [6, 6.07) is 11.1. The number of carbonyl (C=O) groups excluding carboxylic acids is 1. The Bertz CT molecular complexity index is 686. The van der Waals surface area contributed by atoms with Crippen LogP contribution in [0.2, 0.25) is 0 Å². The Morgan fingerprint density at radius 3 is 2.46 bits per heavy atom. The highest BCUT2D eigenvalue weighted by Crippen LogP contribution is 2.22. The van der Waals surface area contributed by atoms with Gasteiger partial charge in [-0.2, -0.15) is 5.10 Å². The molecule has 0 aliphatic carbocycles. The lowest BCUT2D eigenvalue weighted by Crippen LogP contribution is -2.34. The fraction of sp³-hybridized carbons (Fsp3) is 0.474. The highest BCUT2D eigenvalue weighted by atomic mass is 16.3. The summed E-state index contributed by atoms with van der Waals surface area (Å²) in [7, 11) is 1.77. The minimum Gasteiger partial charge on any atom is -0.388 e. The summed E-state index contributed by atoms with van der Waals surface area (Å²) in [4.78, 5) is 12.5. The second-order valence-corrected chi connectivity index (χ2v) is 7.33. The molecule has 130 valence electrons. The third-order valence-corrected chi connectivity index (χ3v) is 4.02. The summed E-state index contributed by atoms with van der Waals surface area (Å²) in [5.74, 6) is -0.173. The molecular formula is C19H27N3O2. The molecule has 0 saturated carbocycles. The molecule has 24 heavy (non-hydrogen) atoms. The predicted octanol–water partition coefficient (Wildman–Crippen LogP) is 2.96. The number of amides is 1. The smallest absolute Gasteiger partial charge is 0.269 e. The molecule has 0 radical (unpaired) electrons. The van der Waals surface area contributed by atoms with Gasteiger partial charge >= 0.3 is 0 Å². The Morgan fingerprint density at radius 2 is 1.92 bits per heavy atom. The molecule has 0 fully saturated rings. The van der Waals surface area contributed by atoms with Crippen LogP contribution in [0.15, 0.2) is 36.4 Å². The molecule has 1 heterocycles. The monoisotopic (exact) mass is 329 g/mol.